The van der Waals surface area contributed by atoms with Crippen molar-refractivity contribution in [1.82, 2.24) is 14.9 Å². The molecule has 0 spiro atoms. The zero-order chi connectivity index (χ0) is 19.9. The second-order valence-corrected chi connectivity index (χ2v) is 10.1. The summed E-state index contributed by atoms with van der Waals surface area (Å²) in [5, 5.41) is 13.1. The topological polar surface area (TPSA) is 107 Å². The highest BCUT2D eigenvalue weighted by atomic mass is 32.2. The van der Waals surface area contributed by atoms with E-state index in [2.05, 4.69) is 15.6 Å². The average molecular weight is 421 g/mol. The van der Waals surface area contributed by atoms with Gasteiger partial charge in [-0.2, -0.15) is 5.10 Å². The molecule has 0 bridgehead atoms. The number of carbonyl (C=O) groups excluding carboxylic acids is 1. The maximum atomic E-state index is 12.5. The van der Waals surface area contributed by atoms with Gasteiger partial charge in [-0.3, -0.25) is 14.8 Å². The monoisotopic (exact) mass is 420 g/mol. The molecule has 1 fully saturated rings. The summed E-state index contributed by atoms with van der Waals surface area (Å²) in [4.78, 5) is 13.4. The lowest BCUT2D eigenvalue weighted by molar-refractivity contribution is -0.115. The Morgan fingerprint density at radius 1 is 1.43 bits per heavy atom. The van der Waals surface area contributed by atoms with Crippen LogP contribution in [0.4, 0.5) is 5.88 Å². The molecular weight excluding hydrogens is 400 g/mol. The molecule has 4 rings (SSSR count). The van der Waals surface area contributed by atoms with Crippen molar-refractivity contribution in [3.8, 4) is 10.6 Å². The molecule has 10 heteroatoms. The Kier molecular flexibility index (Phi) is 4.84. The molecule has 3 aromatic rings. The van der Waals surface area contributed by atoms with Crippen LogP contribution in [-0.4, -0.2) is 40.8 Å². The fraction of sp³-hybridized carbons (Fsp3) is 0.389. The lowest BCUT2D eigenvalue weighted by Gasteiger charge is -2.11. The Morgan fingerprint density at radius 3 is 2.93 bits per heavy atom. The second kappa shape index (κ2) is 7.17. The summed E-state index contributed by atoms with van der Waals surface area (Å²) >= 11 is 1.54. The number of hydrogen-bond donors (Lipinski definition) is 1. The van der Waals surface area contributed by atoms with E-state index in [4.69, 9.17) is 4.52 Å². The third kappa shape index (κ3) is 3.74. The molecular formula is C18H20N4O4S2. The van der Waals surface area contributed by atoms with E-state index in [9.17, 15) is 13.2 Å². The van der Waals surface area contributed by atoms with Gasteiger partial charge in [-0.15, -0.1) is 11.3 Å². The van der Waals surface area contributed by atoms with Crippen LogP contribution in [0.2, 0.25) is 0 Å². The van der Waals surface area contributed by atoms with E-state index >= 15 is 0 Å². The molecule has 1 saturated heterocycles. The van der Waals surface area contributed by atoms with Gasteiger partial charge < -0.3 is 4.52 Å². The maximum absolute atomic E-state index is 12.5. The highest BCUT2D eigenvalue weighted by Crippen LogP contribution is 2.28. The van der Waals surface area contributed by atoms with E-state index in [1.807, 2.05) is 31.4 Å². The highest BCUT2D eigenvalue weighted by molar-refractivity contribution is 7.91. The molecule has 1 amide bonds. The molecule has 1 atom stereocenters. The molecule has 1 unspecified atom stereocenters. The van der Waals surface area contributed by atoms with Crippen LogP contribution in [0.1, 0.15) is 29.4 Å². The minimum Gasteiger partial charge on any atom is -0.338 e. The number of thiophene rings is 1. The van der Waals surface area contributed by atoms with Gasteiger partial charge in [0.1, 0.15) is 5.69 Å². The molecule has 1 aliphatic heterocycles. The van der Waals surface area contributed by atoms with Crippen molar-refractivity contribution in [3.05, 3.63) is 40.5 Å². The van der Waals surface area contributed by atoms with Gasteiger partial charge in [0.2, 0.25) is 11.8 Å². The fourth-order valence-corrected chi connectivity index (χ4v) is 5.86. The summed E-state index contributed by atoms with van der Waals surface area (Å²) < 4.78 is 30.5. The third-order valence-corrected chi connectivity index (χ3v) is 7.56. The number of nitrogens with zero attached hydrogens (tertiary/aromatic N) is 3. The number of amides is 1. The highest BCUT2D eigenvalue weighted by Gasteiger charge is 2.31. The predicted octanol–water partition coefficient (Wildman–Crippen LogP) is 2.76. The minimum absolute atomic E-state index is 0.101. The first-order valence-electron chi connectivity index (χ1n) is 8.88. The average Bonchev–Trinajstić information content (AvgIpc) is 3.39. The normalized spacial score (nSPS) is 18.4. The predicted molar refractivity (Wildman–Crippen MR) is 106 cm³/mol. The van der Waals surface area contributed by atoms with Gasteiger partial charge in [-0.05, 0) is 31.7 Å². The van der Waals surface area contributed by atoms with Crippen molar-refractivity contribution in [2.45, 2.75) is 32.7 Å². The molecule has 28 heavy (non-hydrogen) atoms. The standard InChI is InChI=1S/C18H20N4O4S2/c1-11-14(12(2)22(20-11)13-5-7-28(24,25)10-13)8-17(23)19-18-9-15(21-26-18)16-4-3-6-27-16/h3-4,6,9,13H,5,7-8,10H2,1-2H3,(H,19,23). The number of anilines is 1. The van der Waals surface area contributed by atoms with Gasteiger partial charge in [0.25, 0.3) is 0 Å². The summed E-state index contributed by atoms with van der Waals surface area (Å²) in [5.41, 5.74) is 3.04. The molecule has 4 heterocycles. The van der Waals surface area contributed by atoms with Crippen LogP contribution in [0.5, 0.6) is 0 Å². The van der Waals surface area contributed by atoms with Crippen molar-refractivity contribution >= 4 is 33.0 Å². The molecule has 0 aliphatic carbocycles. The summed E-state index contributed by atoms with van der Waals surface area (Å²) in [7, 11) is -3.00. The van der Waals surface area contributed by atoms with Crippen LogP contribution in [0, 0.1) is 13.8 Å². The third-order valence-electron chi connectivity index (χ3n) is 4.91. The second-order valence-electron chi connectivity index (χ2n) is 6.93. The Balaban J connectivity index is 1.46. The SMILES string of the molecule is Cc1nn(C2CCS(=O)(=O)C2)c(C)c1CC(=O)Nc1cc(-c2cccs2)no1. The van der Waals surface area contributed by atoms with E-state index in [1.165, 1.54) is 0 Å². The van der Waals surface area contributed by atoms with Gasteiger partial charge in [-0.1, -0.05) is 11.2 Å². The van der Waals surface area contributed by atoms with Crippen molar-refractivity contribution in [3.63, 3.8) is 0 Å². The minimum atomic E-state index is -3.00. The van der Waals surface area contributed by atoms with E-state index in [0.717, 1.165) is 21.8 Å². The number of hydrogen-bond acceptors (Lipinski definition) is 7. The summed E-state index contributed by atoms with van der Waals surface area (Å²) in [6.45, 7) is 3.70. The van der Waals surface area contributed by atoms with Gasteiger partial charge >= 0.3 is 0 Å². The van der Waals surface area contributed by atoms with Gasteiger partial charge in [-0.25, -0.2) is 8.42 Å². The van der Waals surface area contributed by atoms with Crippen molar-refractivity contribution < 1.29 is 17.7 Å². The van der Waals surface area contributed by atoms with Crippen molar-refractivity contribution in [2.75, 3.05) is 16.8 Å². The summed E-state index contributed by atoms with van der Waals surface area (Å²) in [5.74, 6) is 0.338. The van der Waals surface area contributed by atoms with Crippen molar-refractivity contribution in [1.29, 1.82) is 0 Å². The Hall–Kier alpha value is -2.46. The van der Waals surface area contributed by atoms with Crippen LogP contribution in [0.25, 0.3) is 10.6 Å². The number of aromatic nitrogens is 3. The molecule has 1 N–H and O–H groups in total. The van der Waals surface area contributed by atoms with E-state index in [-0.39, 0.29) is 35.8 Å². The quantitative estimate of drug-likeness (QED) is 0.680. The lowest BCUT2D eigenvalue weighted by atomic mass is 10.1. The van der Waals surface area contributed by atoms with Gasteiger partial charge in [0, 0.05) is 17.3 Å². The summed E-state index contributed by atoms with van der Waals surface area (Å²) in [6, 6.07) is 5.38. The van der Waals surface area contributed by atoms with E-state index in [1.54, 1.807) is 22.1 Å². The zero-order valence-corrected chi connectivity index (χ0v) is 17.1. The fourth-order valence-electron chi connectivity index (χ4n) is 3.49. The first kappa shape index (κ1) is 18.9. The van der Waals surface area contributed by atoms with Crippen molar-refractivity contribution in [2.24, 2.45) is 0 Å². The van der Waals surface area contributed by atoms with E-state index in [0.29, 0.717) is 12.1 Å². The molecule has 8 nitrogen and oxygen atoms in total. The number of nitrogens with one attached hydrogen (secondary N) is 1. The van der Waals surface area contributed by atoms with Crippen LogP contribution in [0.15, 0.2) is 28.1 Å². The molecule has 0 radical (unpaired) electrons. The van der Waals surface area contributed by atoms with Gasteiger partial charge in [0.15, 0.2) is 9.84 Å². The number of rotatable bonds is 5. The smallest absolute Gasteiger partial charge is 0.231 e. The Bertz CT molecular complexity index is 1110. The van der Waals surface area contributed by atoms with Crippen LogP contribution < -0.4 is 5.32 Å². The Labute approximate surface area is 166 Å². The number of aryl methyl sites for hydroxylation is 1. The van der Waals surface area contributed by atoms with E-state index < -0.39 is 9.84 Å². The maximum Gasteiger partial charge on any atom is 0.231 e. The number of sulfone groups is 1. The number of carbonyl (C=O) groups is 1. The van der Waals surface area contributed by atoms with Gasteiger partial charge in [0.05, 0.1) is 34.5 Å². The van der Waals surface area contributed by atoms with Crippen LogP contribution in [0.3, 0.4) is 0 Å². The molecule has 148 valence electrons. The lowest BCUT2D eigenvalue weighted by Crippen LogP contribution is -2.16. The Morgan fingerprint density at radius 2 is 2.25 bits per heavy atom. The van der Waals surface area contributed by atoms with Crippen LogP contribution in [-0.2, 0) is 21.1 Å². The largest absolute Gasteiger partial charge is 0.338 e. The summed E-state index contributed by atoms with van der Waals surface area (Å²) in [6.07, 6.45) is 0.686. The zero-order valence-electron chi connectivity index (χ0n) is 15.5. The first-order chi connectivity index (χ1) is 13.3. The molecule has 0 aromatic carbocycles. The molecule has 0 saturated carbocycles. The van der Waals surface area contributed by atoms with Crippen LogP contribution >= 0.6 is 11.3 Å². The molecule has 3 aromatic heterocycles. The first-order valence-corrected chi connectivity index (χ1v) is 11.6. The molecule has 1 aliphatic rings.